The van der Waals surface area contributed by atoms with Gasteiger partial charge < -0.3 is 5.32 Å². The van der Waals surface area contributed by atoms with Gasteiger partial charge in [-0.05, 0) is 28.8 Å². The number of hydrogen-bond acceptors (Lipinski definition) is 5. The van der Waals surface area contributed by atoms with Gasteiger partial charge in [0.1, 0.15) is 12.1 Å². The molecule has 5 nitrogen and oxygen atoms in total. The molecule has 88 valence electrons. The predicted octanol–water partition coefficient (Wildman–Crippen LogP) is 1.23. The number of sulfone groups is 1. The van der Waals surface area contributed by atoms with Crippen molar-refractivity contribution >= 4 is 31.6 Å². The normalized spacial score (nSPS) is 23.9. The third-order valence-electron chi connectivity index (χ3n) is 2.47. The van der Waals surface area contributed by atoms with E-state index in [2.05, 4.69) is 31.2 Å². The number of aromatic nitrogens is 2. The van der Waals surface area contributed by atoms with Crippen LogP contribution in [0.15, 0.2) is 17.0 Å². The Hall–Kier alpha value is -0.690. The molecular formula is C9H12BrN3O2S. The quantitative estimate of drug-likeness (QED) is 0.890. The second kappa shape index (κ2) is 4.67. The van der Waals surface area contributed by atoms with Gasteiger partial charge >= 0.3 is 0 Å². The molecule has 1 aromatic heterocycles. The van der Waals surface area contributed by atoms with Gasteiger partial charge in [0.15, 0.2) is 9.84 Å². The smallest absolute Gasteiger partial charge is 0.152 e. The fourth-order valence-corrected chi connectivity index (χ4v) is 3.72. The lowest BCUT2D eigenvalue weighted by Crippen LogP contribution is -2.35. The molecule has 0 bridgehead atoms. The van der Waals surface area contributed by atoms with Gasteiger partial charge in [0.25, 0.3) is 0 Å². The van der Waals surface area contributed by atoms with Gasteiger partial charge in [-0.15, -0.1) is 0 Å². The van der Waals surface area contributed by atoms with Gasteiger partial charge in [0.2, 0.25) is 0 Å². The number of halogens is 1. The zero-order valence-corrected chi connectivity index (χ0v) is 11.0. The van der Waals surface area contributed by atoms with Gasteiger partial charge in [-0.1, -0.05) is 0 Å². The molecule has 1 unspecified atom stereocenters. The van der Waals surface area contributed by atoms with E-state index in [9.17, 15) is 8.42 Å². The van der Waals surface area contributed by atoms with Crippen LogP contribution in [0, 0.1) is 0 Å². The topological polar surface area (TPSA) is 72.0 Å². The maximum Gasteiger partial charge on any atom is 0.152 e. The summed E-state index contributed by atoms with van der Waals surface area (Å²) in [6, 6.07) is -0.0510. The summed E-state index contributed by atoms with van der Waals surface area (Å²) in [5.41, 5.74) is 0. The first kappa shape index (κ1) is 11.8. The van der Waals surface area contributed by atoms with E-state index in [1.807, 2.05) is 0 Å². The van der Waals surface area contributed by atoms with E-state index >= 15 is 0 Å². The molecule has 7 heteroatoms. The van der Waals surface area contributed by atoms with E-state index in [1.165, 1.54) is 6.33 Å². The summed E-state index contributed by atoms with van der Waals surface area (Å²) in [5, 5.41) is 3.13. The van der Waals surface area contributed by atoms with Crippen molar-refractivity contribution in [3.05, 3.63) is 17.0 Å². The zero-order chi connectivity index (χ0) is 11.6. The summed E-state index contributed by atoms with van der Waals surface area (Å²) < 4.78 is 23.7. The van der Waals surface area contributed by atoms with Crippen molar-refractivity contribution in [3.63, 3.8) is 0 Å². The molecule has 0 spiro atoms. The molecule has 0 saturated carbocycles. The molecule has 1 aliphatic heterocycles. The Kier molecular flexibility index (Phi) is 3.44. The molecule has 1 saturated heterocycles. The lowest BCUT2D eigenvalue weighted by atomic mass is 10.2. The molecule has 1 aromatic rings. The van der Waals surface area contributed by atoms with Crippen LogP contribution in [0.3, 0.4) is 0 Å². The molecule has 1 aliphatic rings. The Morgan fingerprint density at radius 2 is 2.31 bits per heavy atom. The Balaban J connectivity index is 2.08. The van der Waals surface area contributed by atoms with Crippen molar-refractivity contribution < 1.29 is 8.42 Å². The maximum absolute atomic E-state index is 11.5. The third-order valence-corrected chi connectivity index (χ3v) is 4.87. The Labute approximate surface area is 103 Å². The van der Waals surface area contributed by atoms with Gasteiger partial charge in [0.05, 0.1) is 16.0 Å². The summed E-state index contributed by atoms with van der Waals surface area (Å²) in [7, 11) is -2.89. The summed E-state index contributed by atoms with van der Waals surface area (Å²) >= 11 is 3.31. The Bertz CT molecular complexity index is 477. The highest BCUT2D eigenvalue weighted by molar-refractivity contribution is 9.10. The molecule has 0 radical (unpaired) electrons. The molecule has 2 rings (SSSR count). The van der Waals surface area contributed by atoms with Crippen LogP contribution in [0.5, 0.6) is 0 Å². The maximum atomic E-state index is 11.5. The number of hydrogen-bond donors (Lipinski definition) is 1. The lowest BCUT2D eigenvalue weighted by Gasteiger charge is -2.23. The summed E-state index contributed by atoms with van der Waals surface area (Å²) in [5.74, 6) is 1.14. The number of nitrogens with one attached hydrogen (secondary N) is 1. The number of rotatable bonds is 2. The Morgan fingerprint density at radius 1 is 1.50 bits per heavy atom. The van der Waals surface area contributed by atoms with Crippen LogP contribution in [0.25, 0.3) is 0 Å². The van der Waals surface area contributed by atoms with E-state index in [0.717, 1.165) is 10.9 Å². The van der Waals surface area contributed by atoms with E-state index in [4.69, 9.17) is 0 Å². The molecule has 2 heterocycles. The first-order chi connectivity index (χ1) is 7.57. The van der Waals surface area contributed by atoms with Crippen LogP contribution in [0.2, 0.25) is 0 Å². The highest BCUT2D eigenvalue weighted by Gasteiger charge is 2.25. The molecule has 0 amide bonds. The molecule has 1 fully saturated rings. The third kappa shape index (κ3) is 2.91. The van der Waals surface area contributed by atoms with Crippen molar-refractivity contribution in [2.24, 2.45) is 0 Å². The van der Waals surface area contributed by atoms with Crippen LogP contribution in [-0.4, -0.2) is 35.9 Å². The van der Waals surface area contributed by atoms with E-state index < -0.39 is 9.84 Å². The highest BCUT2D eigenvalue weighted by Crippen LogP contribution is 2.21. The van der Waals surface area contributed by atoms with Gasteiger partial charge in [-0.25, -0.2) is 18.4 Å². The van der Waals surface area contributed by atoms with Gasteiger partial charge in [-0.2, -0.15) is 0 Å². The van der Waals surface area contributed by atoms with Crippen molar-refractivity contribution in [2.45, 2.75) is 18.9 Å². The minimum atomic E-state index is -2.89. The van der Waals surface area contributed by atoms with E-state index in [0.29, 0.717) is 18.0 Å². The second-order valence-corrected chi connectivity index (χ2v) is 6.90. The van der Waals surface area contributed by atoms with Crippen LogP contribution in [-0.2, 0) is 9.84 Å². The molecule has 0 aromatic carbocycles. The Morgan fingerprint density at radius 3 is 3.00 bits per heavy atom. The van der Waals surface area contributed by atoms with Crippen LogP contribution in [0.4, 0.5) is 5.82 Å². The molecule has 1 atom stereocenters. The fraction of sp³-hybridized carbons (Fsp3) is 0.556. The molecule has 1 N–H and O–H groups in total. The van der Waals surface area contributed by atoms with E-state index in [1.54, 1.807) is 6.20 Å². The average Bonchev–Trinajstić information content (AvgIpc) is 2.20. The highest BCUT2D eigenvalue weighted by atomic mass is 79.9. The standard InChI is InChI=1S/C9H12BrN3O2S/c10-8-4-11-6-12-9(8)13-7-2-1-3-16(14,15)5-7/h4,6-7H,1-3,5H2,(H,11,12,13). The average molecular weight is 306 g/mol. The van der Waals surface area contributed by atoms with Crippen molar-refractivity contribution in [1.82, 2.24) is 9.97 Å². The first-order valence-electron chi connectivity index (χ1n) is 4.99. The largest absolute Gasteiger partial charge is 0.365 e. The summed E-state index contributed by atoms with van der Waals surface area (Å²) in [6.45, 7) is 0. The van der Waals surface area contributed by atoms with Crippen molar-refractivity contribution in [3.8, 4) is 0 Å². The minimum absolute atomic E-state index is 0.0510. The predicted molar refractivity (Wildman–Crippen MR) is 65.0 cm³/mol. The summed E-state index contributed by atoms with van der Waals surface area (Å²) in [6.07, 6.45) is 4.63. The first-order valence-corrected chi connectivity index (χ1v) is 7.61. The number of anilines is 1. The van der Waals surface area contributed by atoms with Crippen molar-refractivity contribution in [1.29, 1.82) is 0 Å². The summed E-state index contributed by atoms with van der Waals surface area (Å²) in [4.78, 5) is 7.91. The minimum Gasteiger partial charge on any atom is -0.365 e. The van der Waals surface area contributed by atoms with Crippen LogP contribution < -0.4 is 5.32 Å². The second-order valence-electron chi connectivity index (χ2n) is 3.82. The number of nitrogens with zero attached hydrogens (tertiary/aromatic N) is 2. The zero-order valence-electron chi connectivity index (χ0n) is 8.56. The molecule has 16 heavy (non-hydrogen) atoms. The van der Waals surface area contributed by atoms with Crippen molar-refractivity contribution in [2.75, 3.05) is 16.8 Å². The lowest BCUT2D eigenvalue weighted by molar-refractivity contribution is 0.561. The SMILES string of the molecule is O=S1(=O)CCCC(Nc2ncncc2Br)C1. The van der Waals surface area contributed by atoms with Crippen LogP contribution in [0.1, 0.15) is 12.8 Å². The molecular weight excluding hydrogens is 294 g/mol. The monoisotopic (exact) mass is 305 g/mol. The van der Waals surface area contributed by atoms with E-state index in [-0.39, 0.29) is 11.8 Å². The van der Waals surface area contributed by atoms with Gasteiger partial charge in [0, 0.05) is 12.2 Å². The van der Waals surface area contributed by atoms with Gasteiger partial charge in [-0.3, -0.25) is 0 Å². The molecule has 0 aliphatic carbocycles. The fourth-order valence-electron chi connectivity index (χ4n) is 1.75. The van der Waals surface area contributed by atoms with Crippen LogP contribution >= 0.6 is 15.9 Å².